The normalized spacial score (nSPS) is 17.2. The number of halogens is 1. The largest absolute Gasteiger partial charge is 0.378 e. The highest BCUT2D eigenvalue weighted by atomic mass is 35.5. The molecule has 9 heteroatoms. The van der Waals surface area contributed by atoms with Crippen LogP contribution in [0.4, 0.5) is 23.5 Å². The molecule has 28 heavy (non-hydrogen) atoms. The fourth-order valence-electron chi connectivity index (χ4n) is 3.17. The number of aromatic nitrogens is 3. The Morgan fingerprint density at radius 3 is 1.82 bits per heavy atom. The van der Waals surface area contributed by atoms with Crippen LogP contribution in [0.2, 0.25) is 0 Å². The smallest absolute Gasteiger partial charge is 0.233 e. The minimum atomic E-state index is 0. The summed E-state index contributed by atoms with van der Waals surface area (Å²) < 4.78 is 10.9. The van der Waals surface area contributed by atoms with Crippen LogP contribution in [0.3, 0.4) is 0 Å². The van der Waals surface area contributed by atoms with E-state index < -0.39 is 0 Å². The zero-order chi connectivity index (χ0) is 18.6. The fourth-order valence-corrected chi connectivity index (χ4v) is 3.17. The number of nitrogens with one attached hydrogen (secondary N) is 1. The van der Waals surface area contributed by atoms with E-state index in [0.29, 0.717) is 44.3 Å². The number of ether oxygens (including phenoxy) is 2. The summed E-state index contributed by atoms with van der Waals surface area (Å²) in [5, 5.41) is 3.35. The number of benzene rings is 1. The van der Waals surface area contributed by atoms with Crippen molar-refractivity contribution in [2.75, 3.05) is 67.7 Å². The Morgan fingerprint density at radius 1 is 0.786 bits per heavy atom. The second-order valence-electron chi connectivity index (χ2n) is 6.88. The molecule has 2 fully saturated rings. The van der Waals surface area contributed by atoms with E-state index in [2.05, 4.69) is 57.1 Å². The van der Waals surface area contributed by atoms with E-state index >= 15 is 0 Å². The van der Waals surface area contributed by atoms with E-state index in [9.17, 15) is 0 Å². The Bertz CT molecular complexity index is 758. The lowest BCUT2D eigenvalue weighted by Gasteiger charge is -2.30. The second kappa shape index (κ2) is 9.36. The molecule has 1 aromatic heterocycles. The third-order valence-corrected chi connectivity index (χ3v) is 4.96. The first-order valence-corrected chi connectivity index (χ1v) is 9.45. The molecule has 2 aromatic rings. The van der Waals surface area contributed by atoms with E-state index in [1.165, 1.54) is 11.1 Å². The van der Waals surface area contributed by atoms with Crippen LogP contribution in [-0.2, 0) is 9.47 Å². The summed E-state index contributed by atoms with van der Waals surface area (Å²) in [6.07, 6.45) is 0. The summed E-state index contributed by atoms with van der Waals surface area (Å²) in [5.74, 6) is 1.96. The van der Waals surface area contributed by atoms with E-state index in [1.54, 1.807) is 0 Å². The third kappa shape index (κ3) is 4.81. The summed E-state index contributed by atoms with van der Waals surface area (Å²) >= 11 is 0. The molecule has 0 amide bonds. The molecule has 0 atom stereocenters. The first-order chi connectivity index (χ1) is 13.2. The van der Waals surface area contributed by atoms with E-state index in [0.717, 1.165) is 31.9 Å². The number of rotatable bonds is 4. The van der Waals surface area contributed by atoms with Crippen molar-refractivity contribution in [3.63, 3.8) is 0 Å². The lowest BCUT2D eigenvalue weighted by atomic mass is 10.1. The summed E-state index contributed by atoms with van der Waals surface area (Å²) in [4.78, 5) is 18.4. The third-order valence-electron chi connectivity index (χ3n) is 4.96. The van der Waals surface area contributed by atoms with Crippen molar-refractivity contribution in [3.8, 4) is 0 Å². The fraction of sp³-hybridized carbons (Fsp3) is 0.526. The number of hydrogen-bond donors (Lipinski definition) is 1. The van der Waals surface area contributed by atoms with Gasteiger partial charge in [0.05, 0.1) is 26.4 Å². The van der Waals surface area contributed by atoms with Gasteiger partial charge in [-0.3, -0.25) is 0 Å². The molecule has 3 heterocycles. The molecular formula is C19H27ClN6O2. The number of morpholine rings is 2. The monoisotopic (exact) mass is 406 g/mol. The predicted molar refractivity (Wildman–Crippen MR) is 112 cm³/mol. The van der Waals surface area contributed by atoms with Crippen LogP contribution in [0.5, 0.6) is 0 Å². The summed E-state index contributed by atoms with van der Waals surface area (Å²) in [7, 11) is 0. The average Bonchev–Trinajstić information content (AvgIpc) is 2.72. The van der Waals surface area contributed by atoms with Gasteiger partial charge in [0, 0.05) is 31.9 Å². The molecule has 0 saturated carbocycles. The van der Waals surface area contributed by atoms with Gasteiger partial charge >= 0.3 is 0 Å². The van der Waals surface area contributed by atoms with Gasteiger partial charge in [-0.05, 0) is 37.1 Å². The molecule has 152 valence electrons. The van der Waals surface area contributed by atoms with Gasteiger partial charge < -0.3 is 24.6 Å². The zero-order valence-corrected chi connectivity index (χ0v) is 17.2. The van der Waals surface area contributed by atoms with Gasteiger partial charge in [0.25, 0.3) is 0 Å². The van der Waals surface area contributed by atoms with Crippen molar-refractivity contribution < 1.29 is 9.47 Å². The first-order valence-electron chi connectivity index (χ1n) is 9.45. The van der Waals surface area contributed by atoms with Gasteiger partial charge in [-0.2, -0.15) is 15.0 Å². The molecule has 0 radical (unpaired) electrons. The highest BCUT2D eigenvalue weighted by Crippen LogP contribution is 2.22. The standard InChI is InChI=1S/C19H26N6O2.ClH/c1-14-3-4-16(13-15(14)2)20-17-21-18(24-5-9-26-10-6-24)23-19(22-17)25-7-11-27-12-8-25;/h3-4,13H,5-12H2,1-2H3,(H,20,21,22,23);1H. The summed E-state index contributed by atoms with van der Waals surface area (Å²) in [5.41, 5.74) is 3.47. The van der Waals surface area contributed by atoms with Crippen LogP contribution in [-0.4, -0.2) is 67.6 Å². The highest BCUT2D eigenvalue weighted by Gasteiger charge is 2.20. The molecule has 2 saturated heterocycles. The van der Waals surface area contributed by atoms with Crippen LogP contribution in [0.1, 0.15) is 11.1 Å². The summed E-state index contributed by atoms with van der Waals surface area (Å²) in [6, 6.07) is 6.27. The molecule has 1 aromatic carbocycles. The lowest BCUT2D eigenvalue weighted by molar-refractivity contribution is 0.121. The molecule has 2 aliphatic rings. The molecule has 0 aliphatic carbocycles. The van der Waals surface area contributed by atoms with Crippen LogP contribution in [0, 0.1) is 13.8 Å². The van der Waals surface area contributed by atoms with Gasteiger partial charge in [-0.15, -0.1) is 12.4 Å². The quantitative estimate of drug-likeness (QED) is 0.829. The van der Waals surface area contributed by atoms with Crippen molar-refractivity contribution >= 4 is 35.9 Å². The predicted octanol–water partition coefficient (Wildman–Crippen LogP) is 2.33. The number of anilines is 4. The molecule has 0 spiro atoms. The number of nitrogens with zero attached hydrogens (tertiary/aromatic N) is 5. The van der Waals surface area contributed by atoms with Crippen LogP contribution in [0.25, 0.3) is 0 Å². The SMILES string of the molecule is Cc1ccc(Nc2nc(N3CCOCC3)nc(N3CCOCC3)n2)cc1C.Cl. The van der Waals surface area contributed by atoms with E-state index in [1.807, 2.05) is 0 Å². The number of hydrogen-bond acceptors (Lipinski definition) is 8. The van der Waals surface area contributed by atoms with E-state index in [-0.39, 0.29) is 12.4 Å². The van der Waals surface area contributed by atoms with E-state index in [4.69, 9.17) is 14.5 Å². The van der Waals surface area contributed by atoms with Crippen molar-refractivity contribution in [1.29, 1.82) is 0 Å². The van der Waals surface area contributed by atoms with Crippen LogP contribution < -0.4 is 15.1 Å². The van der Waals surface area contributed by atoms with Crippen molar-refractivity contribution in [2.24, 2.45) is 0 Å². The maximum absolute atomic E-state index is 5.46. The molecule has 4 rings (SSSR count). The minimum absolute atomic E-state index is 0. The Kier molecular flexibility index (Phi) is 6.88. The maximum Gasteiger partial charge on any atom is 0.233 e. The Labute approximate surface area is 171 Å². The molecule has 0 bridgehead atoms. The lowest BCUT2D eigenvalue weighted by Crippen LogP contribution is -2.40. The van der Waals surface area contributed by atoms with Crippen molar-refractivity contribution in [1.82, 2.24) is 15.0 Å². The second-order valence-corrected chi connectivity index (χ2v) is 6.88. The highest BCUT2D eigenvalue weighted by molar-refractivity contribution is 5.85. The molecular weight excluding hydrogens is 380 g/mol. The van der Waals surface area contributed by atoms with Crippen molar-refractivity contribution in [3.05, 3.63) is 29.3 Å². The van der Waals surface area contributed by atoms with Gasteiger partial charge in [-0.25, -0.2) is 0 Å². The zero-order valence-electron chi connectivity index (χ0n) is 16.3. The average molecular weight is 407 g/mol. The molecule has 8 nitrogen and oxygen atoms in total. The Morgan fingerprint density at radius 2 is 1.32 bits per heavy atom. The van der Waals surface area contributed by atoms with Gasteiger partial charge in [0.1, 0.15) is 0 Å². The Balaban J connectivity index is 0.00000225. The van der Waals surface area contributed by atoms with Gasteiger partial charge in [-0.1, -0.05) is 6.07 Å². The topological polar surface area (TPSA) is 75.6 Å². The van der Waals surface area contributed by atoms with Gasteiger partial charge in [0.2, 0.25) is 17.8 Å². The molecule has 1 N–H and O–H groups in total. The van der Waals surface area contributed by atoms with Crippen LogP contribution >= 0.6 is 12.4 Å². The number of aryl methyl sites for hydroxylation is 2. The van der Waals surface area contributed by atoms with Crippen LogP contribution in [0.15, 0.2) is 18.2 Å². The minimum Gasteiger partial charge on any atom is -0.378 e. The first kappa shape index (κ1) is 20.6. The van der Waals surface area contributed by atoms with Crippen molar-refractivity contribution in [2.45, 2.75) is 13.8 Å². The Hall–Kier alpha value is -2.16. The summed E-state index contributed by atoms with van der Waals surface area (Å²) in [6.45, 7) is 10.1. The molecule has 0 unspecified atom stereocenters. The maximum atomic E-state index is 5.46. The molecule has 2 aliphatic heterocycles. The van der Waals surface area contributed by atoms with Gasteiger partial charge in [0.15, 0.2) is 0 Å².